The molecule has 2 aromatic rings. The number of esters is 1. The van der Waals surface area contributed by atoms with Crippen LogP contribution in [0.4, 0.5) is 5.69 Å². The Hall–Kier alpha value is -3.22. The summed E-state index contributed by atoms with van der Waals surface area (Å²) in [6.07, 6.45) is 0.0457. The number of methoxy groups -OCH3 is 2. The van der Waals surface area contributed by atoms with Crippen LogP contribution in [0.25, 0.3) is 0 Å². The number of amides is 1. The van der Waals surface area contributed by atoms with Crippen LogP contribution in [0.2, 0.25) is 0 Å². The van der Waals surface area contributed by atoms with Gasteiger partial charge in [0.1, 0.15) is 17.2 Å². The third kappa shape index (κ3) is 6.22. The third-order valence-electron chi connectivity index (χ3n) is 3.70. The van der Waals surface area contributed by atoms with Crippen LogP contribution in [0.5, 0.6) is 17.2 Å². The number of rotatable bonds is 9. The molecule has 0 aliphatic carbocycles. The number of ether oxygens (including phenoxy) is 4. The minimum atomic E-state index is -0.517. The third-order valence-corrected chi connectivity index (χ3v) is 3.70. The highest BCUT2D eigenvalue weighted by molar-refractivity contribution is 5.94. The molecule has 2 rings (SSSR count). The normalized spacial score (nSPS) is 10.0. The first-order valence-electron chi connectivity index (χ1n) is 8.39. The minimum absolute atomic E-state index is 0.0457. The summed E-state index contributed by atoms with van der Waals surface area (Å²) < 4.78 is 20.8. The van der Waals surface area contributed by atoms with Gasteiger partial charge < -0.3 is 24.3 Å². The average molecular weight is 373 g/mol. The van der Waals surface area contributed by atoms with E-state index in [1.54, 1.807) is 18.2 Å². The van der Waals surface area contributed by atoms with Gasteiger partial charge in [-0.25, -0.2) is 0 Å². The quantitative estimate of drug-likeness (QED) is 0.681. The molecule has 0 saturated heterocycles. The smallest absolute Gasteiger partial charge is 0.309 e. The zero-order valence-electron chi connectivity index (χ0n) is 15.6. The molecule has 0 bridgehead atoms. The number of hydrogen-bond donors (Lipinski definition) is 1. The van der Waals surface area contributed by atoms with Crippen molar-refractivity contribution in [2.24, 2.45) is 0 Å². The van der Waals surface area contributed by atoms with Crippen LogP contribution in [0.3, 0.4) is 0 Å². The van der Waals surface area contributed by atoms with Crippen LogP contribution >= 0.6 is 0 Å². The maximum Gasteiger partial charge on any atom is 0.309 e. The number of carbonyl (C=O) groups is 2. The zero-order chi connectivity index (χ0) is 19.6. The molecule has 27 heavy (non-hydrogen) atoms. The number of carbonyl (C=O) groups excluding carboxylic acids is 2. The Morgan fingerprint density at radius 1 is 1.00 bits per heavy atom. The van der Waals surface area contributed by atoms with E-state index in [0.717, 1.165) is 5.56 Å². The molecule has 0 fully saturated rings. The summed E-state index contributed by atoms with van der Waals surface area (Å²) >= 11 is 0. The Balaban J connectivity index is 1.76. The molecule has 0 unspecified atom stereocenters. The van der Waals surface area contributed by atoms with E-state index in [2.05, 4.69) is 5.32 Å². The average Bonchev–Trinajstić information content (AvgIpc) is 2.67. The number of anilines is 1. The predicted octanol–water partition coefficient (Wildman–Crippen LogP) is 2.96. The Morgan fingerprint density at radius 3 is 2.48 bits per heavy atom. The highest BCUT2D eigenvalue weighted by Crippen LogP contribution is 2.28. The molecule has 0 aliphatic heterocycles. The first kappa shape index (κ1) is 20.1. The van der Waals surface area contributed by atoms with Gasteiger partial charge in [-0.1, -0.05) is 18.2 Å². The van der Waals surface area contributed by atoms with Crippen molar-refractivity contribution in [1.82, 2.24) is 0 Å². The summed E-state index contributed by atoms with van der Waals surface area (Å²) in [7, 11) is 3.01. The van der Waals surface area contributed by atoms with Gasteiger partial charge in [-0.15, -0.1) is 0 Å². The summed E-state index contributed by atoms with van der Waals surface area (Å²) in [5.41, 5.74) is 1.42. The Kier molecular flexibility index (Phi) is 7.49. The van der Waals surface area contributed by atoms with Crippen molar-refractivity contribution >= 4 is 17.6 Å². The molecule has 0 heterocycles. The van der Waals surface area contributed by atoms with Crippen molar-refractivity contribution in [2.45, 2.75) is 13.3 Å². The second kappa shape index (κ2) is 10.1. The van der Waals surface area contributed by atoms with E-state index >= 15 is 0 Å². The Labute approximate surface area is 158 Å². The molecular formula is C20H23NO6. The number of aryl methyl sites for hydroxylation is 1. The predicted molar refractivity (Wildman–Crippen MR) is 100 cm³/mol. The summed E-state index contributed by atoms with van der Waals surface area (Å²) in [6, 6.07) is 12.5. The second-order valence-electron chi connectivity index (χ2n) is 5.64. The molecular weight excluding hydrogens is 350 g/mol. The Morgan fingerprint density at radius 2 is 1.78 bits per heavy atom. The van der Waals surface area contributed by atoms with Crippen LogP contribution in [0, 0.1) is 6.92 Å². The molecule has 0 aliphatic rings. The monoisotopic (exact) mass is 373 g/mol. The molecule has 2 aromatic carbocycles. The largest absolute Gasteiger partial charge is 0.497 e. The Bertz CT molecular complexity index is 790. The molecule has 0 spiro atoms. The highest BCUT2D eigenvalue weighted by Gasteiger charge is 2.12. The van der Waals surface area contributed by atoms with Crippen LogP contribution in [-0.2, 0) is 14.3 Å². The first-order valence-corrected chi connectivity index (χ1v) is 8.39. The summed E-state index contributed by atoms with van der Waals surface area (Å²) in [5.74, 6) is 0.762. The number of benzene rings is 2. The summed E-state index contributed by atoms with van der Waals surface area (Å²) in [4.78, 5) is 23.8. The van der Waals surface area contributed by atoms with E-state index in [4.69, 9.17) is 18.9 Å². The first-order chi connectivity index (χ1) is 13.0. The van der Waals surface area contributed by atoms with Crippen molar-refractivity contribution in [2.75, 3.05) is 32.8 Å². The topological polar surface area (TPSA) is 83.1 Å². The van der Waals surface area contributed by atoms with Gasteiger partial charge in [0.05, 0.1) is 32.9 Å². The van der Waals surface area contributed by atoms with Crippen molar-refractivity contribution < 1.29 is 28.5 Å². The number of hydrogen-bond acceptors (Lipinski definition) is 6. The maximum atomic E-state index is 12.0. The van der Waals surface area contributed by atoms with Crippen molar-refractivity contribution in [3.05, 3.63) is 48.0 Å². The van der Waals surface area contributed by atoms with E-state index in [1.165, 1.54) is 14.2 Å². The minimum Gasteiger partial charge on any atom is -0.497 e. The van der Waals surface area contributed by atoms with Crippen LogP contribution in [-0.4, -0.2) is 39.3 Å². The molecule has 1 amide bonds. The zero-order valence-corrected chi connectivity index (χ0v) is 15.6. The van der Waals surface area contributed by atoms with Gasteiger partial charge in [0, 0.05) is 6.07 Å². The lowest BCUT2D eigenvalue weighted by atomic mass is 10.2. The molecule has 144 valence electrons. The fraction of sp³-hybridized carbons (Fsp3) is 0.300. The van der Waals surface area contributed by atoms with Gasteiger partial charge in [0.25, 0.3) is 5.91 Å². The van der Waals surface area contributed by atoms with Gasteiger partial charge in [-0.3, -0.25) is 9.59 Å². The molecule has 0 aromatic heterocycles. The molecule has 1 N–H and O–H groups in total. The van der Waals surface area contributed by atoms with Gasteiger partial charge in [-0.2, -0.15) is 0 Å². The van der Waals surface area contributed by atoms with Gasteiger partial charge in [-0.05, 0) is 30.7 Å². The van der Waals surface area contributed by atoms with Gasteiger partial charge in [0.2, 0.25) is 0 Å². The van der Waals surface area contributed by atoms with E-state index in [1.807, 2.05) is 31.2 Å². The standard InChI is InChI=1S/C20H23NO6/c1-14-6-4-5-7-17(14)26-11-10-20(23)27-13-19(22)21-16-12-15(24-2)8-9-18(16)25-3/h4-9,12H,10-11,13H2,1-3H3,(H,21,22). The molecule has 0 saturated carbocycles. The summed E-state index contributed by atoms with van der Waals surface area (Å²) in [5, 5.41) is 2.63. The van der Waals surface area contributed by atoms with E-state index in [-0.39, 0.29) is 13.0 Å². The number of para-hydroxylation sites is 1. The van der Waals surface area contributed by atoms with E-state index in [9.17, 15) is 9.59 Å². The van der Waals surface area contributed by atoms with Gasteiger partial charge >= 0.3 is 5.97 Å². The van der Waals surface area contributed by atoms with Crippen molar-refractivity contribution in [1.29, 1.82) is 0 Å². The summed E-state index contributed by atoms with van der Waals surface area (Å²) in [6.45, 7) is 1.70. The second-order valence-corrected chi connectivity index (χ2v) is 5.64. The van der Waals surface area contributed by atoms with E-state index < -0.39 is 18.5 Å². The van der Waals surface area contributed by atoms with Crippen LogP contribution < -0.4 is 19.5 Å². The fourth-order valence-corrected chi connectivity index (χ4v) is 2.28. The number of nitrogens with one attached hydrogen (secondary N) is 1. The van der Waals surface area contributed by atoms with Crippen molar-refractivity contribution in [3.63, 3.8) is 0 Å². The van der Waals surface area contributed by atoms with E-state index in [0.29, 0.717) is 22.9 Å². The highest BCUT2D eigenvalue weighted by atomic mass is 16.5. The molecule has 0 atom stereocenters. The van der Waals surface area contributed by atoms with Crippen LogP contribution in [0.15, 0.2) is 42.5 Å². The maximum absolute atomic E-state index is 12.0. The van der Waals surface area contributed by atoms with Crippen LogP contribution in [0.1, 0.15) is 12.0 Å². The lowest BCUT2D eigenvalue weighted by Gasteiger charge is -2.12. The van der Waals surface area contributed by atoms with Crippen molar-refractivity contribution in [3.8, 4) is 17.2 Å². The molecule has 7 nitrogen and oxygen atoms in total. The lowest BCUT2D eigenvalue weighted by molar-refractivity contribution is -0.147. The fourth-order valence-electron chi connectivity index (χ4n) is 2.28. The molecule has 0 radical (unpaired) electrons. The van der Waals surface area contributed by atoms with Gasteiger partial charge in [0.15, 0.2) is 6.61 Å². The lowest BCUT2D eigenvalue weighted by Crippen LogP contribution is -2.22. The molecule has 7 heteroatoms. The SMILES string of the molecule is COc1ccc(OC)c(NC(=O)COC(=O)CCOc2ccccc2C)c1.